The number of ether oxygens (including phenoxy) is 2. The monoisotopic (exact) mass is 402 g/mol. The number of halogens is 3. The van der Waals surface area contributed by atoms with Crippen LogP contribution < -0.4 is 11.5 Å². The second-order valence-corrected chi connectivity index (χ2v) is 5.51. The first kappa shape index (κ1) is 11.3. The van der Waals surface area contributed by atoms with Gasteiger partial charge < -0.3 is 16.2 Å². The highest BCUT2D eigenvalue weighted by Crippen LogP contribution is 2.44. The fourth-order valence-corrected chi connectivity index (χ4v) is 2.72. The van der Waals surface area contributed by atoms with E-state index in [4.69, 9.17) is 20.9 Å². The molecule has 1 aliphatic rings. The third kappa shape index (κ3) is 2.18. The molecular formula is C5H9FI2N2O2. The fraction of sp³-hybridized carbons (Fsp3) is 1.00. The smallest absolute Gasteiger partial charge is 0.328 e. The van der Waals surface area contributed by atoms with Crippen LogP contribution in [0.1, 0.15) is 0 Å². The summed E-state index contributed by atoms with van der Waals surface area (Å²) in [7, 11) is 0. The van der Waals surface area contributed by atoms with Gasteiger partial charge in [0.15, 0.2) is 3.61 Å². The third-order valence-electron chi connectivity index (χ3n) is 1.54. The lowest BCUT2D eigenvalue weighted by atomic mass is 10.2. The molecule has 12 heavy (non-hydrogen) atoms. The van der Waals surface area contributed by atoms with Gasteiger partial charge in [0.2, 0.25) is 0 Å². The van der Waals surface area contributed by atoms with E-state index in [1.54, 1.807) is 0 Å². The minimum absolute atomic E-state index is 0.171. The summed E-state index contributed by atoms with van der Waals surface area (Å²) in [4.78, 5) is 0. The predicted octanol–water partition coefficient (Wildman–Crippen LogP) is 0.466. The first-order chi connectivity index (χ1) is 5.43. The summed E-state index contributed by atoms with van der Waals surface area (Å²) >= 11 is 3.35. The third-order valence-corrected chi connectivity index (χ3v) is 3.37. The van der Waals surface area contributed by atoms with Gasteiger partial charge in [-0.25, -0.2) is 0 Å². The number of hydrogen-bond acceptors (Lipinski definition) is 4. The Bertz CT molecular complexity index is 183. The van der Waals surface area contributed by atoms with Gasteiger partial charge in [-0.05, 0) is 22.6 Å². The maximum atomic E-state index is 13.2. The predicted molar refractivity (Wildman–Crippen MR) is 58.7 cm³/mol. The molecule has 1 aliphatic heterocycles. The molecular weight excluding hydrogens is 393 g/mol. The van der Waals surface area contributed by atoms with Gasteiger partial charge in [0.25, 0.3) is 0 Å². The summed E-state index contributed by atoms with van der Waals surface area (Å²) in [5, 5.41) is 0. The quantitative estimate of drug-likeness (QED) is 0.521. The van der Waals surface area contributed by atoms with Crippen LogP contribution >= 0.6 is 45.2 Å². The van der Waals surface area contributed by atoms with Crippen molar-refractivity contribution in [1.29, 1.82) is 0 Å². The Morgan fingerprint density at radius 2 is 2.00 bits per heavy atom. The van der Waals surface area contributed by atoms with Crippen molar-refractivity contribution >= 4 is 45.2 Å². The zero-order chi connectivity index (χ0) is 9.41. The SMILES string of the molecule is NC[C@H]1OC(F)(I)O[C@@]1(I)CN. The van der Waals surface area contributed by atoms with Gasteiger partial charge in [-0.2, -0.15) is 4.39 Å². The van der Waals surface area contributed by atoms with Crippen LogP contribution in [0.3, 0.4) is 0 Å². The molecule has 0 spiro atoms. The van der Waals surface area contributed by atoms with Crippen LogP contribution in [0.25, 0.3) is 0 Å². The molecule has 1 saturated heterocycles. The number of nitrogens with two attached hydrogens (primary N) is 2. The molecule has 0 amide bonds. The van der Waals surface area contributed by atoms with Gasteiger partial charge in [-0.3, -0.25) is 4.74 Å². The zero-order valence-electron chi connectivity index (χ0n) is 6.10. The van der Waals surface area contributed by atoms with Crippen LogP contribution in [0.5, 0.6) is 0 Å². The summed E-state index contributed by atoms with van der Waals surface area (Å²) in [6.07, 6.45) is -0.495. The molecule has 0 aromatic carbocycles. The van der Waals surface area contributed by atoms with Crippen molar-refractivity contribution in [2.45, 2.75) is 13.8 Å². The molecule has 72 valence electrons. The standard InChI is InChI=1S/C5H9FI2N2O2/c6-5(8)11-3(1-9)4(7,2-10)12-5/h3H,1-2,9-10H2/t3-,4+,5?/m1/s1. The van der Waals surface area contributed by atoms with Gasteiger partial charge in [0.1, 0.15) is 6.10 Å². The molecule has 3 atom stereocenters. The fourth-order valence-electron chi connectivity index (χ4n) is 0.938. The van der Waals surface area contributed by atoms with Crippen molar-refractivity contribution in [3.63, 3.8) is 0 Å². The van der Waals surface area contributed by atoms with Crippen molar-refractivity contribution in [2.75, 3.05) is 13.1 Å². The topological polar surface area (TPSA) is 70.5 Å². The Hall–Kier alpha value is 1.23. The van der Waals surface area contributed by atoms with Crippen molar-refractivity contribution in [1.82, 2.24) is 0 Å². The molecule has 7 heteroatoms. The van der Waals surface area contributed by atoms with Gasteiger partial charge in [-0.1, -0.05) is 0 Å². The lowest BCUT2D eigenvalue weighted by molar-refractivity contribution is -0.174. The van der Waals surface area contributed by atoms with Gasteiger partial charge >= 0.3 is 4.05 Å². The van der Waals surface area contributed by atoms with Gasteiger partial charge in [0.05, 0.1) is 0 Å². The van der Waals surface area contributed by atoms with Crippen LogP contribution in [0.4, 0.5) is 4.39 Å². The first-order valence-electron chi connectivity index (χ1n) is 3.28. The summed E-state index contributed by atoms with van der Waals surface area (Å²) in [5.41, 5.74) is 10.8. The lowest BCUT2D eigenvalue weighted by Crippen LogP contribution is -2.44. The van der Waals surface area contributed by atoms with E-state index < -0.39 is 13.8 Å². The highest BCUT2D eigenvalue weighted by molar-refractivity contribution is 14.1. The van der Waals surface area contributed by atoms with Crippen LogP contribution in [0, 0.1) is 0 Å². The zero-order valence-corrected chi connectivity index (χ0v) is 10.4. The normalized spacial score (nSPS) is 48.2. The molecule has 1 fully saturated rings. The van der Waals surface area contributed by atoms with Gasteiger partial charge in [0, 0.05) is 35.7 Å². The minimum atomic E-state index is -2.09. The first-order valence-corrected chi connectivity index (χ1v) is 5.44. The van der Waals surface area contributed by atoms with Crippen molar-refractivity contribution < 1.29 is 13.9 Å². The summed E-state index contributed by atoms with van der Waals surface area (Å²) in [6, 6.07) is 0. The van der Waals surface area contributed by atoms with Crippen molar-refractivity contribution in [3.8, 4) is 0 Å². The van der Waals surface area contributed by atoms with E-state index in [2.05, 4.69) is 0 Å². The van der Waals surface area contributed by atoms with E-state index in [-0.39, 0.29) is 13.1 Å². The van der Waals surface area contributed by atoms with E-state index >= 15 is 0 Å². The molecule has 1 heterocycles. The average Bonchev–Trinajstić information content (AvgIpc) is 2.22. The summed E-state index contributed by atoms with van der Waals surface area (Å²) in [6.45, 7) is 0.360. The van der Waals surface area contributed by atoms with E-state index in [1.807, 2.05) is 22.6 Å². The molecule has 1 unspecified atom stereocenters. The molecule has 0 radical (unpaired) electrons. The summed E-state index contributed by atoms with van der Waals surface area (Å²) in [5.74, 6) is 0. The maximum absolute atomic E-state index is 13.2. The van der Waals surface area contributed by atoms with Crippen LogP contribution in [-0.2, 0) is 9.47 Å². The Kier molecular flexibility index (Phi) is 3.55. The molecule has 0 aromatic heterocycles. The number of hydrogen-bond donors (Lipinski definition) is 2. The van der Waals surface area contributed by atoms with Crippen LogP contribution in [0.15, 0.2) is 0 Å². The highest BCUT2D eigenvalue weighted by atomic mass is 127. The van der Waals surface area contributed by atoms with E-state index in [9.17, 15) is 4.39 Å². The van der Waals surface area contributed by atoms with Crippen LogP contribution in [0.2, 0.25) is 0 Å². The Labute approximate surface area is 96.8 Å². The minimum Gasteiger partial charge on any atom is -0.328 e. The Morgan fingerprint density at radius 1 is 1.42 bits per heavy atom. The van der Waals surface area contributed by atoms with Crippen molar-refractivity contribution in [3.05, 3.63) is 0 Å². The van der Waals surface area contributed by atoms with E-state index in [0.717, 1.165) is 0 Å². The Balaban J connectivity index is 2.76. The van der Waals surface area contributed by atoms with Crippen molar-refractivity contribution in [2.24, 2.45) is 11.5 Å². The highest BCUT2D eigenvalue weighted by Gasteiger charge is 2.54. The molecule has 0 aliphatic carbocycles. The molecule has 4 nitrogen and oxygen atoms in total. The average molecular weight is 402 g/mol. The van der Waals surface area contributed by atoms with Crippen LogP contribution in [-0.4, -0.2) is 26.8 Å². The second kappa shape index (κ2) is 3.77. The van der Waals surface area contributed by atoms with E-state index in [1.165, 1.54) is 22.6 Å². The second-order valence-electron chi connectivity index (χ2n) is 2.40. The molecule has 0 aromatic rings. The number of alkyl halides is 3. The lowest BCUT2D eigenvalue weighted by Gasteiger charge is -2.22. The molecule has 4 N–H and O–H groups in total. The summed E-state index contributed by atoms with van der Waals surface area (Å²) < 4.78 is 20.1. The van der Waals surface area contributed by atoms with E-state index in [0.29, 0.717) is 0 Å². The molecule has 1 rings (SSSR count). The molecule has 0 saturated carbocycles. The largest absolute Gasteiger partial charge is 0.375 e. The molecule has 0 bridgehead atoms. The number of rotatable bonds is 2. The maximum Gasteiger partial charge on any atom is 0.375 e. The Morgan fingerprint density at radius 3 is 2.33 bits per heavy atom. The van der Waals surface area contributed by atoms with Gasteiger partial charge in [-0.15, -0.1) is 0 Å².